The van der Waals surface area contributed by atoms with Gasteiger partial charge in [0.2, 0.25) is 5.91 Å². The summed E-state index contributed by atoms with van der Waals surface area (Å²) in [6.45, 7) is 1.91. The van der Waals surface area contributed by atoms with Crippen LogP contribution in [0.15, 0.2) is 30.3 Å². The third-order valence-electron chi connectivity index (χ3n) is 2.29. The van der Waals surface area contributed by atoms with Gasteiger partial charge in [0, 0.05) is 18.2 Å². The van der Waals surface area contributed by atoms with Crippen molar-refractivity contribution in [1.82, 2.24) is 5.32 Å². The number of rotatable bonds is 5. The highest BCUT2D eigenvalue weighted by molar-refractivity contribution is 7.80. The van der Waals surface area contributed by atoms with E-state index in [1.807, 2.05) is 6.92 Å². The number of carbonyl (C=O) groups is 2. The van der Waals surface area contributed by atoms with E-state index in [-0.39, 0.29) is 11.0 Å². The van der Waals surface area contributed by atoms with Gasteiger partial charge in [-0.3, -0.25) is 4.79 Å². The monoisotopic (exact) mass is 292 g/mol. The minimum atomic E-state index is -1.01. The van der Waals surface area contributed by atoms with E-state index in [9.17, 15) is 9.59 Å². The fourth-order valence-corrected chi connectivity index (χ4v) is 1.70. The third-order valence-corrected chi connectivity index (χ3v) is 2.50. The second-order valence-electron chi connectivity index (χ2n) is 4.05. The summed E-state index contributed by atoms with van der Waals surface area (Å²) >= 11 is 5.02. The second kappa shape index (κ2) is 8.06. The molecule has 1 aromatic rings. The molecule has 0 aliphatic carbocycles. The smallest absolute Gasteiger partial charge is 0.328 e. The highest BCUT2D eigenvalue weighted by Crippen LogP contribution is 2.12. The molecule has 20 heavy (non-hydrogen) atoms. The van der Waals surface area contributed by atoms with Gasteiger partial charge in [-0.25, -0.2) is 4.79 Å². The largest absolute Gasteiger partial charge is 0.478 e. The molecular formula is C14H16N2O3S. The fraction of sp³-hybridized carbons (Fsp3) is 0.214. The van der Waals surface area contributed by atoms with Crippen LogP contribution in [0.3, 0.4) is 0 Å². The first-order valence-corrected chi connectivity index (χ1v) is 6.54. The van der Waals surface area contributed by atoms with Crippen LogP contribution < -0.4 is 10.6 Å². The van der Waals surface area contributed by atoms with Crippen molar-refractivity contribution in [2.24, 2.45) is 0 Å². The lowest BCUT2D eigenvalue weighted by atomic mass is 10.2. The number of anilines is 1. The Balaban J connectivity index is 2.64. The highest BCUT2D eigenvalue weighted by Gasteiger charge is 2.03. The Hall–Kier alpha value is -2.21. The molecule has 1 rings (SSSR count). The lowest BCUT2D eigenvalue weighted by Gasteiger charge is -2.09. The van der Waals surface area contributed by atoms with Crippen molar-refractivity contribution >= 4 is 41.0 Å². The summed E-state index contributed by atoms with van der Waals surface area (Å²) in [6, 6.07) is 7.04. The first-order valence-electron chi connectivity index (χ1n) is 6.13. The van der Waals surface area contributed by atoms with Crippen molar-refractivity contribution < 1.29 is 14.7 Å². The van der Waals surface area contributed by atoms with Gasteiger partial charge in [-0.15, -0.1) is 0 Å². The molecule has 0 saturated heterocycles. The van der Waals surface area contributed by atoms with E-state index >= 15 is 0 Å². The van der Waals surface area contributed by atoms with E-state index in [1.54, 1.807) is 24.3 Å². The second-order valence-corrected chi connectivity index (χ2v) is 4.46. The van der Waals surface area contributed by atoms with Gasteiger partial charge in [0.15, 0.2) is 5.11 Å². The summed E-state index contributed by atoms with van der Waals surface area (Å²) in [4.78, 5) is 21.8. The predicted octanol–water partition coefficient (Wildman–Crippen LogP) is 2.40. The van der Waals surface area contributed by atoms with Gasteiger partial charge in [-0.1, -0.05) is 19.1 Å². The van der Waals surface area contributed by atoms with Crippen molar-refractivity contribution in [2.75, 3.05) is 5.32 Å². The number of hydrogen-bond donors (Lipinski definition) is 3. The Labute approximate surface area is 122 Å². The Kier molecular flexibility index (Phi) is 6.39. The van der Waals surface area contributed by atoms with Crippen LogP contribution in [0.25, 0.3) is 6.08 Å². The Morgan fingerprint density at radius 1 is 1.40 bits per heavy atom. The van der Waals surface area contributed by atoms with Crippen LogP contribution in [-0.4, -0.2) is 22.1 Å². The molecule has 0 radical (unpaired) electrons. The van der Waals surface area contributed by atoms with E-state index < -0.39 is 5.97 Å². The van der Waals surface area contributed by atoms with E-state index in [0.717, 1.165) is 18.1 Å². The van der Waals surface area contributed by atoms with Crippen molar-refractivity contribution in [1.29, 1.82) is 0 Å². The number of thiocarbonyl (C=S) groups is 1. The van der Waals surface area contributed by atoms with Crippen LogP contribution in [0.4, 0.5) is 5.69 Å². The molecule has 106 valence electrons. The topological polar surface area (TPSA) is 78.4 Å². The van der Waals surface area contributed by atoms with Crippen molar-refractivity contribution in [3.05, 3.63) is 35.9 Å². The molecule has 0 aliphatic heterocycles. The summed E-state index contributed by atoms with van der Waals surface area (Å²) in [5, 5.41) is 14.2. The summed E-state index contributed by atoms with van der Waals surface area (Å²) in [6.07, 6.45) is 3.71. The van der Waals surface area contributed by atoms with Crippen molar-refractivity contribution in [3.8, 4) is 0 Å². The number of amides is 1. The number of benzene rings is 1. The zero-order chi connectivity index (χ0) is 15.0. The SMILES string of the molecule is CCCC(=O)NC(=S)Nc1cccc(/C=C/C(=O)O)c1. The molecule has 1 aromatic carbocycles. The number of aliphatic carboxylic acids is 1. The fourth-order valence-electron chi connectivity index (χ4n) is 1.47. The Bertz CT molecular complexity index is 541. The Morgan fingerprint density at radius 3 is 2.80 bits per heavy atom. The van der Waals surface area contributed by atoms with Crippen LogP contribution in [0.1, 0.15) is 25.3 Å². The van der Waals surface area contributed by atoms with Gasteiger partial charge in [0.1, 0.15) is 0 Å². The summed E-state index contributed by atoms with van der Waals surface area (Å²) in [5.41, 5.74) is 1.40. The summed E-state index contributed by atoms with van der Waals surface area (Å²) in [5.74, 6) is -1.14. The first-order chi connectivity index (χ1) is 9.51. The molecule has 0 heterocycles. The van der Waals surface area contributed by atoms with E-state index in [1.165, 1.54) is 6.08 Å². The molecule has 0 aliphatic rings. The number of hydrogen-bond acceptors (Lipinski definition) is 3. The van der Waals surface area contributed by atoms with Crippen LogP contribution in [0.2, 0.25) is 0 Å². The maximum Gasteiger partial charge on any atom is 0.328 e. The van der Waals surface area contributed by atoms with Crippen molar-refractivity contribution in [2.45, 2.75) is 19.8 Å². The standard InChI is InChI=1S/C14H16N2O3S/c1-2-4-12(17)16-14(20)15-11-6-3-5-10(9-11)7-8-13(18)19/h3,5-9H,2,4H2,1H3,(H,18,19)(H2,15,16,17,20)/b8-7+. The number of nitrogens with one attached hydrogen (secondary N) is 2. The molecule has 3 N–H and O–H groups in total. The lowest BCUT2D eigenvalue weighted by Crippen LogP contribution is -2.33. The summed E-state index contributed by atoms with van der Waals surface area (Å²) < 4.78 is 0. The average Bonchev–Trinajstić information content (AvgIpc) is 2.36. The van der Waals surface area contributed by atoms with Gasteiger partial charge in [-0.2, -0.15) is 0 Å². The van der Waals surface area contributed by atoms with E-state index in [4.69, 9.17) is 17.3 Å². The molecule has 0 bridgehead atoms. The van der Waals surface area contributed by atoms with E-state index in [0.29, 0.717) is 12.1 Å². The van der Waals surface area contributed by atoms with Gasteiger partial charge < -0.3 is 15.7 Å². The normalized spacial score (nSPS) is 10.2. The van der Waals surface area contributed by atoms with Crippen LogP contribution in [0, 0.1) is 0 Å². The van der Waals surface area contributed by atoms with Gasteiger partial charge in [0.25, 0.3) is 0 Å². The van der Waals surface area contributed by atoms with Crippen LogP contribution >= 0.6 is 12.2 Å². The Morgan fingerprint density at radius 2 is 2.15 bits per heavy atom. The molecule has 0 spiro atoms. The molecule has 1 amide bonds. The third kappa shape index (κ3) is 6.10. The minimum absolute atomic E-state index is 0.132. The quantitative estimate of drug-likeness (QED) is 0.574. The van der Waals surface area contributed by atoms with Gasteiger partial charge in [-0.05, 0) is 42.4 Å². The molecule has 0 unspecified atom stereocenters. The minimum Gasteiger partial charge on any atom is -0.478 e. The maximum atomic E-state index is 11.4. The van der Waals surface area contributed by atoms with Crippen LogP contribution in [0.5, 0.6) is 0 Å². The number of carbonyl (C=O) groups excluding carboxylic acids is 1. The summed E-state index contributed by atoms with van der Waals surface area (Å²) in [7, 11) is 0. The van der Waals surface area contributed by atoms with Gasteiger partial charge >= 0.3 is 5.97 Å². The van der Waals surface area contributed by atoms with E-state index in [2.05, 4.69) is 10.6 Å². The highest BCUT2D eigenvalue weighted by atomic mass is 32.1. The molecular weight excluding hydrogens is 276 g/mol. The predicted molar refractivity (Wildman–Crippen MR) is 82.4 cm³/mol. The molecule has 5 nitrogen and oxygen atoms in total. The average molecular weight is 292 g/mol. The molecule has 0 fully saturated rings. The van der Waals surface area contributed by atoms with Gasteiger partial charge in [0.05, 0.1) is 0 Å². The number of carboxylic acid groups (broad SMARTS) is 1. The van der Waals surface area contributed by atoms with Crippen LogP contribution in [-0.2, 0) is 9.59 Å². The zero-order valence-corrected chi connectivity index (χ0v) is 11.9. The maximum absolute atomic E-state index is 11.4. The first kappa shape index (κ1) is 15.8. The molecule has 0 saturated carbocycles. The lowest BCUT2D eigenvalue weighted by molar-refractivity contribution is -0.131. The molecule has 6 heteroatoms. The number of carboxylic acids is 1. The zero-order valence-electron chi connectivity index (χ0n) is 11.1. The molecule has 0 atom stereocenters. The van der Waals surface area contributed by atoms with Crippen molar-refractivity contribution in [3.63, 3.8) is 0 Å². The molecule has 0 aromatic heterocycles.